The lowest BCUT2D eigenvalue weighted by Crippen LogP contribution is -2.35. The van der Waals surface area contributed by atoms with Crippen LogP contribution in [-0.2, 0) is 4.79 Å². The van der Waals surface area contributed by atoms with E-state index >= 15 is 0 Å². The summed E-state index contributed by atoms with van der Waals surface area (Å²) in [5, 5.41) is 10.0. The van der Waals surface area contributed by atoms with Gasteiger partial charge in [-0.1, -0.05) is 65.4 Å². The Morgan fingerprint density at radius 2 is 1.57 bits per heavy atom. The van der Waals surface area contributed by atoms with Gasteiger partial charge in [0.25, 0.3) is 0 Å². The van der Waals surface area contributed by atoms with Crippen molar-refractivity contribution in [1.82, 2.24) is 4.98 Å². The molecule has 1 heterocycles. The number of pyridine rings is 1. The number of hydrogen-bond acceptors (Lipinski definition) is 2. The van der Waals surface area contributed by atoms with Crippen LogP contribution in [0.4, 0.5) is 0 Å². The van der Waals surface area contributed by atoms with E-state index in [1.165, 1.54) is 0 Å². The molecule has 1 N–H and O–H groups in total. The molecule has 1 aromatic heterocycles. The average molecular weight is 319 g/mol. The monoisotopic (exact) mass is 319 g/mol. The van der Waals surface area contributed by atoms with Crippen LogP contribution in [0.3, 0.4) is 0 Å². The maximum atomic E-state index is 12.2. The summed E-state index contributed by atoms with van der Waals surface area (Å²) >= 11 is 0. The molecule has 0 aliphatic rings. The van der Waals surface area contributed by atoms with Crippen molar-refractivity contribution in [2.45, 2.75) is 84.5 Å². The number of nitrogens with zero attached hydrogens (tertiary/aromatic N) is 1. The van der Waals surface area contributed by atoms with E-state index in [-0.39, 0.29) is 5.41 Å². The van der Waals surface area contributed by atoms with Gasteiger partial charge in [-0.3, -0.25) is 9.78 Å². The van der Waals surface area contributed by atoms with Gasteiger partial charge in [0.05, 0.1) is 5.69 Å². The number of aliphatic carboxylic acids is 1. The molecule has 0 fully saturated rings. The van der Waals surface area contributed by atoms with Crippen LogP contribution in [0.2, 0.25) is 0 Å². The molecule has 0 bridgehead atoms. The minimum absolute atomic E-state index is 0.164. The van der Waals surface area contributed by atoms with E-state index in [1.54, 1.807) is 6.20 Å². The lowest BCUT2D eigenvalue weighted by atomic mass is 9.64. The first kappa shape index (κ1) is 19.7. The summed E-state index contributed by atoms with van der Waals surface area (Å²) in [5.41, 5.74) is 0.561. The Balaban J connectivity index is 3.24. The van der Waals surface area contributed by atoms with Crippen molar-refractivity contribution in [3.63, 3.8) is 0 Å². The molecular weight excluding hydrogens is 286 g/mol. The topological polar surface area (TPSA) is 50.2 Å². The number of carboxylic acids is 1. The smallest absolute Gasteiger partial charge is 0.313 e. The molecule has 1 rings (SSSR count). The molecule has 3 heteroatoms. The Hall–Kier alpha value is -1.38. The second-order valence-corrected chi connectivity index (χ2v) is 6.70. The number of carbonyl (C=O) groups is 1. The molecule has 0 radical (unpaired) electrons. The summed E-state index contributed by atoms with van der Waals surface area (Å²) in [7, 11) is 0. The number of unbranched alkanes of at least 4 members (excludes halogenated alkanes) is 3. The summed E-state index contributed by atoms with van der Waals surface area (Å²) in [6.45, 7) is 6.54. The zero-order chi connectivity index (χ0) is 17.1. The van der Waals surface area contributed by atoms with Gasteiger partial charge >= 0.3 is 5.97 Å². The van der Waals surface area contributed by atoms with Crippen molar-refractivity contribution in [1.29, 1.82) is 0 Å². The Kier molecular flexibility index (Phi) is 8.90. The molecule has 23 heavy (non-hydrogen) atoms. The molecule has 130 valence electrons. The van der Waals surface area contributed by atoms with Crippen molar-refractivity contribution in [2.75, 3.05) is 0 Å². The summed E-state index contributed by atoms with van der Waals surface area (Å²) in [6.07, 6.45) is 11.2. The fraction of sp³-hybridized carbons (Fsp3) is 0.700. The summed E-state index contributed by atoms with van der Waals surface area (Å²) < 4.78 is 0. The minimum Gasteiger partial charge on any atom is -0.481 e. The number of carboxylic acid groups (broad SMARTS) is 1. The van der Waals surface area contributed by atoms with Crippen molar-refractivity contribution in [3.05, 3.63) is 30.1 Å². The zero-order valence-corrected chi connectivity index (χ0v) is 15.1. The predicted molar refractivity (Wildman–Crippen MR) is 95.6 cm³/mol. The molecule has 0 saturated heterocycles. The average Bonchev–Trinajstić information content (AvgIpc) is 2.56. The Morgan fingerprint density at radius 3 is 1.91 bits per heavy atom. The molecule has 0 spiro atoms. The SMILES string of the molecule is CCCCC(CCCC)(CCCC)C(C(=O)O)c1ccccn1. The first-order valence-corrected chi connectivity index (χ1v) is 9.25. The standard InChI is InChI=1S/C20H33NO2/c1-4-7-13-20(14-8-5-2,15-9-6-3)18(19(22)23)17-12-10-11-16-21-17/h10-12,16,18H,4-9,13-15H2,1-3H3,(H,22,23). The predicted octanol–water partition coefficient (Wildman–Crippen LogP) is 5.81. The number of hydrogen-bond donors (Lipinski definition) is 1. The molecule has 0 amide bonds. The number of aromatic nitrogens is 1. The molecule has 0 saturated carbocycles. The maximum Gasteiger partial charge on any atom is 0.313 e. The van der Waals surface area contributed by atoms with Crippen LogP contribution in [0, 0.1) is 5.41 Å². The second-order valence-electron chi connectivity index (χ2n) is 6.70. The third-order valence-electron chi connectivity index (χ3n) is 4.93. The highest BCUT2D eigenvalue weighted by molar-refractivity contribution is 5.76. The molecule has 0 aliphatic carbocycles. The van der Waals surface area contributed by atoms with Gasteiger partial charge in [0, 0.05) is 6.20 Å². The van der Waals surface area contributed by atoms with Crippen LogP contribution in [0.5, 0.6) is 0 Å². The molecule has 0 aromatic carbocycles. The van der Waals surface area contributed by atoms with Crippen LogP contribution in [-0.4, -0.2) is 16.1 Å². The van der Waals surface area contributed by atoms with Crippen LogP contribution >= 0.6 is 0 Å². The summed E-state index contributed by atoms with van der Waals surface area (Å²) in [5.74, 6) is -1.21. The van der Waals surface area contributed by atoms with Gasteiger partial charge < -0.3 is 5.11 Å². The Labute approximate surface area is 141 Å². The van der Waals surface area contributed by atoms with E-state index in [0.717, 1.165) is 63.5 Å². The third-order valence-corrected chi connectivity index (χ3v) is 4.93. The van der Waals surface area contributed by atoms with Crippen LogP contribution < -0.4 is 0 Å². The van der Waals surface area contributed by atoms with E-state index in [0.29, 0.717) is 0 Å². The van der Waals surface area contributed by atoms with Crippen molar-refractivity contribution in [2.24, 2.45) is 5.41 Å². The molecule has 1 atom stereocenters. The summed E-state index contributed by atoms with van der Waals surface area (Å²) in [6, 6.07) is 5.65. The minimum atomic E-state index is -0.716. The molecular formula is C20H33NO2. The van der Waals surface area contributed by atoms with Crippen molar-refractivity contribution in [3.8, 4) is 0 Å². The van der Waals surface area contributed by atoms with Gasteiger partial charge in [-0.25, -0.2) is 0 Å². The van der Waals surface area contributed by atoms with Crippen molar-refractivity contribution < 1.29 is 9.90 Å². The molecule has 0 aliphatic heterocycles. The normalized spacial score (nSPS) is 13.0. The first-order valence-electron chi connectivity index (χ1n) is 9.25. The number of rotatable bonds is 12. The fourth-order valence-corrected chi connectivity index (χ4v) is 3.64. The fourth-order valence-electron chi connectivity index (χ4n) is 3.64. The van der Waals surface area contributed by atoms with Crippen molar-refractivity contribution >= 4 is 5.97 Å². The Morgan fingerprint density at radius 1 is 1.04 bits per heavy atom. The highest BCUT2D eigenvalue weighted by Crippen LogP contribution is 2.48. The van der Waals surface area contributed by atoms with Gasteiger partial charge in [0.2, 0.25) is 0 Å². The lowest BCUT2D eigenvalue weighted by Gasteiger charge is -2.39. The van der Waals surface area contributed by atoms with E-state index in [9.17, 15) is 9.90 Å². The van der Waals surface area contributed by atoms with Gasteiger partial charge in [0.15, 0.2) is 0 Å². The van der Waals surface area contributed by atoms with Gasteiger partial charge in [-0.05, 0) is 36.8 Å². The largest absolute Gasteiger partial charge is 0.481 e. The van der Waals surface area contributed by atoms with E-state index < -0.39 is 11.9 Å². The van der Waals surface area contributed by atoms with Gasteiger partial charge in [0.1, 0.15) is 5.92 Å². The van der Waals surface area contributed by atoms with Gasteiger partial charge in [-0.2, -0.15) is 0 Å². The van der Waals surface area contributed by atoms with Gasteiger partial charge in [-0.15, -0.1) is 0 Å². The lowest BCUT2D eigenvalue weighted by molar-refractivity contribution is -0.143. The van der Waals surface area contributed by atoms with Crippen LogP contribution in [0.1, 0.15) is 90.2 Å². The molecule has 1 unspecified atom stereocenters. The molecule has 1 aromatic rings. The zero-order valence-electron chi connectivity index (χ0n) is 15.1. The summed E-state index contributed by atoms with van der Waals surface area (Å²) in [4.78, 5) is 16.6. The van der Waals surface area contributed by atoms with Crippen LogP contribution in [0.25, 0.3) is 0 Å². The van der Waals surface area contributed by atoms with E-state index in [2.05, 4.69) is 25.8 Å². The maximum absolute atomic E-state index is 12.2. The highest BCUT2D eigenvalue weighted by atomic mass is 16.4. The van der Waals surface area contributed by atoms with E-state index in [1.807, 2.05) is 18.2 Å². The van der Waals surface area contributed by atoms with E-state index in [4.69, 9.17) is 0 Å². The quantitative estimate of drug-likeness (QED) is 0.529. The highest BCUT2D eigenvalue weighted by Gasteiger charge is 2.43. The Bertz CT molecular complexity index is 422. The van der Waals surface area contributed by atoms with Crippen LogP contribution in [0.15, 0.2) is 24.4 Å². The second kappa shape index (κ2) is 10.4. The third kappa shape index (κ3) is 5.63. The first-order chi connectivity index (χ1) is 11.1. The molecule has 3 nitrogen and oxygen atoms in total.